The Morgan fingerprint density at radius 1 is 1.35 bits per heavy atom. The van der Waals surface area contributed by atoms with E-state index in [1.165, 1.54) is 11.3 Å². The van der Waals surface area contributed by atoms with E-state index in [1.807, 2.05) is 6.07 Å². The molecule has 0 amide bonds. The van der Waals surface area contributed by atoms with Gasteiger partial charge in [0, 0.05) is 6.54 Å². The second-order valence-corrected chi connectivity index (χ2v) is 7.40. The lowest BCUT2D eigenvalue weighted by Crippen LogP contribution is -2.25. The predicted octanol–water partition coefficient (Wildman–Crippen LogP) is 2.93. The average Bonchev–Trinajstić information content (AvgIpc) is 2.93. The summed E-state index contributed by atoms with van der Waals surface area (Å²) in [6.07, 6.45) is 0.564. The molecule has 1 aromatic heterocycles. The first-order valence-electron chi connectivity index (χ1n) is 5.88. The fourth-order valence-electron chi connectivity index (χ4n) is 1.68. The van der Waals surface area contributed by atoms with Crippen LogP contribution in [0.5, 0.6) is 5.75 Å². The van der Waals surface area contributed by atoms with E-state index in [0.717, 1.165) is 5.56 Å². The highest BCUT2D eigenvalue weighted by molar-refractivity contribution is 7.91. The standard InChI is InChI=1S/C13H14ClNO3S2/c1-18-12-5-4-10(9-11(12)14)6-7-15-20(16,17)13-3-2-8-19-13/h2-5,8-9,15H,6-7H2,1H3. The van der Waals surface area contributed by atoms with Crippen molar-refractivity contribution in [2.75, 3.05) is 13.7 Å². The van der Waals surface area contributed by atoms with Gasteiger partial charge in [-0.25, -0.2) is 13.1 Å². The van der Waals surface area contributed by atoms with Crippen LogP contribution in [0.25, 0.3) is 0 Å². The van der Waals surface area contributed by atoms with Gasteiger partial charge in [0.05, 0.1) is 12.1 Å². The molecule has 0 aliphatic carbocycles. The number of nitrogens with one attached hydrogen (secondary N) is 1. The molecule has 0 aliphatic heterocycles. The summed E-state index contributed by atoms with van der Waals surface area (Å²) in [5.74, 6) is 0.606. The summed E-state index contributed by atoms with van der Waals surface area (Å²) in [5, 5.41) is 2.25. The Hall–Kier alpha value is -1.08. The zero-order valence-electron chi connectivity index (χ0n) is 10.8. The monoisotopic (exact) mass is 331 g/mol. The maximum atomic E-state index is 11.9. The lowest BCUT2D eigenvalue weighted by molar-refractivity contribution is 0.415. The first-order valence-corrected chi connectivity index (χ1v) is 8.62. The third-order valence-corrected chi connectivity index (χ3v) is 5.84. The molecule has 0 atom stereocenters. The number of rotatable bonds is 6. The highest BCUT2D eigenvalue weighted by atomic mass is 35.5. The molecule has 0 radical (unpaired) electrons. The summed E-state index contributed by atoms with van der Waals surface area (Å²) >= 11 is 7.21. The molecule has 20 heavy (non-hydrogen) atoms. The molecule has 0 unspecified atom stereocenters. The Kier molecular flexibility index (Phi) is 5.04. The van der Waals surface area contributed by atoms with Crippen molar-refractivity contribution in [1.29, 1.82) is 0 Å². The minimum atomic E-state index is -3.40. The molecule has 108 valence electrons. The summed E-state index contributed by atoms with van der Waals surface area (Å²) in [7, 11) is -1.85. The fraction of sp³-hybridized carbons (Fsp3) is 0.231. The van der Waals surface area contributed by atoms with Gasteiger partial charge in [-0.1, -0.05) is 23.7 Å². The van der Waals surface area contributed by atoms with Crippen molar-refractivity contribution >= 4 is 33.0 Å². The Bertz CT molecular complexity index is 669. The Morgan fingerprint density at radius 2 is 2.15 bits per heavy atom. The van der Waals surface area contributed by atoms with E-state index in [1.54, 1.807) is 36.8 Å². The predicted molar refractivity (Wildman–Crippen MR) is 81.2 cm³/mol. The zero-order valence-corrected chi connectivity index (χ0v) is 13.2. The van der Waals surface area contributed by atoms with Crippen molar-refractivity contribution in [2.24, 2.45) is 0 Å². The second-order valence-electron chi connectivity index (χ2n) is 4.05. The second kappa shape index (κ2) is 6.58. The number of sulfonamides is 1. The third kappa shape index (κ3) is 3.73. The normalized spacial score (nSPS) is 11.5. The lowest BCUT2D eigenvalue weighted by atomic mass is 10.1. The molecule has 1 heterocycles. The summed E-state index contributed by atoms with van der Waals surface area (Å²) in [6, 6.07) is 8.70. The zero-order chi connectivity index (χ0) is 14.6. The van der Waals surface area contributed by atoms with Crippen LogP contribution < -0.4 is 9.46 Å². The third-order valence-electron chi connectivity index (χ3n) is 2.68. The molecule has 1 N–H and O–H groups in total. The van der Waals surface area contributed by atoms with E-state index in [-0.39, 0.29) is 0 Å². The Morgan fingerprint density at radius 3 is 2.75 bits per heavy atom. The van der Waals surface area contributed by atoms with Crippen molar-refractivity contribution in [3.63, 3.8) is 0 Å². The van der Waals surface area contributed by atoms with Crippen LogP contribution in [-0.4, -0.2) is 22.1 Å². The van der Waals surface area contributed by atoms with E-state index in [9.17, 15) is 8.42 Å². The summed E-state index contributed by atoms with van der Waals surface area (Å²) in [5.41, 5.74) is 0.949. The number of thiophene rings is 1. The number of benzene rings is 1. The van der Waals surface area contributed by atoms with Gasteiger partial charge in [-0.3, -0.25) is 0 Å². The highest BCUT2D eigenvalue weighted by Crippen LogP contribution is 2.25. The van der Waals surface area contributed by atoms with Crippen molar-refractivity contribution in [1.82, 2.24) is 4.72 Å². The first kappa shape index (κ1) is 15.3. The molecule has 7 heteroatoms. The molecule has 0 aliphatic rings. The van der Waals surface area contributed by atoms with Gasteiger partial charge < -0.3 is 4.74 Å². The molecular weight excluding hydrogens is 318 g/mol. The molecule has 1 aromatic carbocycles. The topological polar surface area (TPSA) is 55.4 Å². The summed E-state index contributed by atoms with van der Waals surface area (Å²) < 4.78 is 31.8. The van der Waals surface area contributed by atoms with Gasteiger partial charge in [0.1, 0.15) is 9.96 Å². The summed E-state index contributed by atoms with van der Waals surface area (Å²) in [4.78, 5) is 0. The molecule has 0 fully saturated rings. The van der Waals surface area contributed by atoms with Crippen LogP contribution in [0.4, 0.5) is 0 Å². The Balaban J connectivity index is 1.95. The summed E-state index contributed by atoms with van der Waals surface area (Å²) in [6.45, 7) is 0.322. The largest absolute Gasteiger partial charge is 0.495 e. The van der Waals surface area contributed by atoms with E-state index in [0.29, 0.717) is 27.9 Å². The smallest absolute Gasteiger partial charge is 0.250 e. The van der Waals surface area contributed by atoms with Gasteiger partial charge in [0.15, 0.2) is 0 Å². The quantitative estimate of drug-likeness (QED) is 0.885. The van der Waals surface area contributed by atoms with Crippen LogP contribution in [0.3, 0.4) is 0 Å². The maximum Gasteiger partial charge on any atom is 0.250 e. The van der Waals surface area contributed by atoms with Crippen LogP contribution >= 0.6 is 22.9 Å². The molecule has 2 aromatic rings. The van der Waals surface area contributed by atoms with Crippen molar-refractivity contribution in [2.45, 2.75) is 10.6 Å². The average molecular weight is 332 g/mol. The van der Waals surface area contributed by atoms with Crippen molar-refractivity contribution < 1.29 is 13.2 Å². The van der Waals surface area contributed by atoms with Gasteiger partial charge in [-0.05, 0) is 35.6 Å². The minimum Gasteiger partial charge on any atom is -0.495 e. The molecule has 0 bridgehead atoms. The van der Waals surface area contributed by atoms with Crippen LogP contribution in [0.2, 0.25) is 5.02 Å². The van der Waals surface area contributed by atoms with Crippen LogP contribution in [0, 0.1) is 0 Å². The number of hydrogen-bond acceptors (Lipinski definition) is 4. The van der Waals surface area contributed by atoms with E-state index < -0.39 is 10.0 Å². The fourth-order valence-corrected chi connectivity index (χ4v) is 4.03. The van der Waals surface area contributed by atoms with Crippen molar-refractivity contribution in [3.8, 4) is 5.75 Å². The molecular formula is C13H14ClNO3S2. The highest BCUT2D eigenvalue weighted by Gasteiger charge is 2.14. The molecule has 0 spiro atoms. The van der Waals surface area contributed by atoms with Gasteiger partial charge in [0.25, 0.3) is 0 Å². The van der Waals surface area contributed by atoms with E-state index in [4.69, 9.17) is 16.3 Å². The maximum absolute atomic E-state index is 11.9. The van der Waals surface area contributed by atoms with Crippen LogP contribution in [0.15, 0.2) is 39.9 Å². The van der Waals surface area contributed by atoms with Gasteiger partial charge in [-0.15, -0.1) is 11.3 Å². The SMILES string of the molecule is COc1ccc(CCNS(=O)(=O)c2cccs2)cc1Cl. The van der Waals surface area contributed by atoms with Crippen LogP contribution in [0.1, 0.15) is 5.56 Å². The van der Waals surface area contributed by atoms with Crippen LogP contribution in [-0.2, 0) is 16.4 Å². The van der Waals surface area contributed by atoms with E-state index in [2.05, 4.69) is 4.72 Å². The van der Waals surface area contributed by atoms with Crippen molar-refractivity contribution in [3.05, 3.63) is 46.3 Å². The van der Waals surface area contributed by atoms with Gasteiger partial charge in [-0.2, -0.15) is 0 Å². The number of methoxy groups -OCH3 is 1. The molecule has 0 saturated carbocycles. The first-order chi connectivity index (χ1) is 9.53. The lowest BCUT2D eigenvalue weighted by Gasteiger charge is -2.07. The number of hydrogen-bond donors (Lipinski definition) is 1. The van der Waals surface area contributed by atoms with E-state index >= 15 is 0 Å². The van der Waals surface area contributed by atoms with Gasteiger partial charge >= 0.3 is 0 Å². The number of halogens is 1. The van der Waals surface area contributed by atoms with Gasteiger partial charge in [0.2, 0.25) is 10.0 Å². The molecule has 0 saturated heterocycles. The molecule has 4 nitrogen and oxygen atoms in total. The number of ether oxygens (including phenoxy) is 1. The Labute approximate surface area is 127 Å². The molecule has 2 rings (SSSR count). The minimum absolute atomic E-state index is 0.322.